The lowest BCUT2D eigenvalue weighted by Crippen LogP contribution is -1.93. The number of hydrogen-bond acceptors (Lipinski definition) is 0. The molecule has 0 saturated heterocycles. The highest BCUT2D eigenvalue weighted by Crippen LogP contribution is 2.07. The zero-order valence-corrected chi connectivity index (χ0v) is 8.08. The molecule has 0 aromatic carbocycles. The summed E-state index contributed by atoms with van der Waals surface area (Å²) >= 11 is 0. The van der Waals surface area contributed by atoms with E-state index in [4.69, 9.17) is 0 Å². The van der Waals surface area contributed by atoms with Gasteiger partial charge in [0, 0.05) is 0 Å². The van der Waals surface area contributed by atoms with E-state index in [9.17, 15) is 0 Å². The first kappa shape index (κ1) is 11.8. The molecular weight excluding hydrogens is 108 g/mol. The molecule has 9 heavy (non-hydrogen) atoms. The van der Waals surface area contributed by atoms with Crippen molar-refractivity contribution in [3.63, 3.8) is 0 Å². The van der Waals surface area contributed by atoms with Gasteiger partial charge >= 0.3 is 0 Å². The first-order chi connectivity index (χ1) is 3.73. The lowest BCUT2D eigenvalue weighted by atomic mass is 10.0. The molecule has 0 saturated carbocycles. The summed E-state index contributed by atoms with van der Waals surface area (Å²) in [6.45, 7) is 15.2. The van der Waals surface area contributed by atoms with E-state index >= 15 is 0 Å². The van der Waals surface area contributed by atoms with Gasteiger partial charge in [0.15, 0.2) is 0 Å². The minimum absolute atomic E-state index is 0.500. The molecule has 0 aliphatic carbocycles. The molecule has 0 aromatic heterocycles. The highest BCUT2D eigenvalue weighted by atomic mass is 14.0. The molecule has 0 bridgehead atoms. The summed E-state index contributed by atoms with van der Waals surface area (Å²) in [6, 6.07) is 0. The third-order valence-electron chi connectivity index (χ3n) is 0. The van der Waals surface area contributed by atoms with Gasteiger partial charge in [0.25, 0.3) is 0 Å². The molecule has 0 atom stereocenters. The van der Waals surface area contributed by atoms with E-state index in [0.717, 1.165) is 5.92 Å². The molecule has 0 unspecified atom stereocenters. The monoisotopic (exact) mass is 130 g/mol. The summed E-state index contributed by atoms with van der Waals surface area (Å²) in [5.41, 5.74) is 0.500. The van der Waals surface area contributed by atoms with Crippen LogP contribution in [0.25, 0.3) is 0 Å². The van der Waals surface area contributed by atoms with Gasteiger partial charge in [0.05, 0.1) is 0 Å². The first-order valence-corrected chi connectivity index (χ1v) is 3.73. The summed E-state index contributed by atoms with van der Waals surface area (Å²) in [4.78, 5) is 0. The molecule has 0 nitrogen and oxygen atoms in total. The van der Waals surface area contributed by atoms with E-state index in [1.54, 1.807) is 0 Å². The molecule has 0 rings (SSSR count). The standard InChI is InChI=1S/C5H12.C4H10/c1-5(2,3)4;1-4(2)3/h1-4H3;4H,1-3H3. The van der Waals surface area contributed by atoms with Gasteiger partial charge in [-0.2, -0.15) is 0 Å². The Hall–Kier alpha value is 0. The summed E-state index contributed by atoms with van der Waals surface area (Å²) in [5, 5.41) is 0. The first-order valence-electron chi connectivity index (χ1n) is 3.73. The lowest BCUT2D eigenvalue weighted by molar-refractivity contribution is 0.469. The van der Waals surface area contributed by atoms with Crippen molar-refractivity contribution in [2.45, 2.75) is 48.5 Å². The van der Waals surface area contributed by atoms with Crippen LogP contribution in [0.4, 0.5) is 0 Å². The van der Waals surface area contributed by atoms with Crippen molar-refractivity contribution in [2.75, 3.05) is 0 Å². The third kappa shape index (κ3) is 0. The second-order valence-corrected chi connectivity index (χ2v) is 4.73. The number of hydrogen-bond donors (Lipinski definition) is 0. The maximum absolute atomic E-state index is 2.19. The Morgan fingerprint density at radius 2 is 0.778 bits per heavy atom. The van der Waals surface area contributed by atoms with Crippen LogP contribution in [0.15, 0.2) is 0 Å². The van der Waals surface area contributed by atoms with Crippen LogP contribution >= 0.6 is 0 Å². The van der Waals surface area contributed by atoms with Crippen LogP contribution in [-0.4, -0.2) is 0 Å². The average molecular weight is 130 g/mol. The van der Waals surface area contributed by atoms with Crippen LogP contribution in [0.5, 0.6) is 0 Å². The second kappa shape index (κ2) is 4.84. The third-order valence-corrected chi connectivity index (χ3v) is 0. The molecule has 0 N–H and O–H groups in total. The van der Waals surface area contributed by atoms with Gasteiger partial charge < -0.3 is 0 Å². The van der Waals surface area contributed by atoms with Crippen molar-refractivity contribution in [3.05, 3.63) is 0 Å². The summed E-state index contributed by atoms with van der Waals surface area (Å²) in [7, 11) is 0. The fraction of sp³-hybridized carbons (Fsp3) is 1.00. The van der Waals surface area contributed by atoms with Crippen LogP contribution in [-0.2, 0) is 0 Å². The minimum atomic E-state index is 0.500. The fourth-order valence-electron chi connectivity index (χ4n) is 0. The van der Waals surface area contributed by atoms with Crippen LogP contribution in [0, 0.1) is 11.3 Å². The average Bonchev–Trinajstić information content (AvgIpc) is 1.19. The molecule has 0 spiro atoms. The molecule has 0 heteroatoms. The van der Waals surface area contributed by atoms with Gasteiger partial charge in [0.1, 0.15) is 0 Å². The van der Waals surface area contributed by atoms with Crippen LogP contribution in [0.2, 0.25) is 0 Å². The molecule has 0 amide bonds. The van der Waals surface area contributed by atoms with Gasteiger partial charge in [-0.3, -0.25) is 0 Å². The molecule has 0 heterocycles. The molecule has 0 radical (unpaired) electrons. The van der Waals surface area contributed by atoms with Crippen molar-refractivity contribution in [1.29, 1.82) is 0 Å². The zero-order chi connectivity index (χ0) is 8.08. The highest BCUT2D eigenvalue weighted by molar-refractivity contribution is 4.47. The van der Waals surface area contributed by atoms with E-state index in [0.29, 0.717) is 5.41 Å². The predicted molar refractivity (Wildman–Crippen MR) is 45.6 cm³/mol. The van der Waals surface area contributed by atoms with Gasteiger partial charge in [-0.25, -0.2) is 0 Å². The zero-order valence-electron chi connectivity index (χ0n) is 8.08. The van der Waals surface area contributed by atoms with Crippen molar-refractivity contribution >= 4 is 0 Å². The van der Waals surface area contributed by atoms with Gasteiger partial charge in [-0.05, 0) is 11.3 Å². The largest absolute Gasteiger partial charge is 0.0630 e. The van der Waals surface area contributed by atoms with Gasteiger partial charge in [0.2, 0.25) is 0 Å². The van der Waals surface area contributed by atoms with Crippen LogP contribution in [0.1, 0.15) is 48.5 Å². The second-order valence-electron chi connectivity index (χ2n) is 4.73. The van der Waals surface area contributed by atoms with Crippen molar-refractivity contribution < 1.29 is 0 Å². The van der Waals surface area contributed by atoms with Crippen molar-refractivity contribution in [3.8, 4) is 0 Å². The Labute approximate surface area is 60.7 Å². The van der Waals surface area contributed by atoms with Crippen molar-refractivity contribution in [2.24, 2.45) is 11.3 Å². The van der Waals surface area contributed by atoms with E-state index in [1.807, 2.05) is 0 Å². The molecule has 0 aromatic rings. The van der Waals surface area contributed by atoms with Gasteiger partial charge in [-0.1, -0.05) is 48.5 Å². The molecule has 0 aliphatic heterocycles. The maximum Gasteiger partial charge on any atom is -0.0411 e. The fourth-order valence-corrected chi connectivity index (χ4v) is 0. The van der Waals surface area contributed by atoms with E-state index in [-0.39, 0.29) is 0 Å². The Kier molecular flexibility index (Phi) is 6.32. The highest BCUT2D eigenvalue weighted by Gasteiger charge is 1.95. The Morgan fingerprint density at radius 1 is 0.778 bits per heavy atom. The molecule has 0 fully saturated rings. The SMILES string of the molecule is CC(C)(C)C.CC(C)C. The van der Waals surface area contributed by atoms with E-state index in [1.165, 1.54) is 0 Å². The Balaban J connectivity index is 0. The topological polar surface area (TPSA) is 0 Å². The molecule has 0 aliphatic rings. The smallest absolute Gasteiger partial charge is 0.0411 e. The lowest BCUT2D eigenvalue weighted by Gasteiger charge is -2.05. The summed E-state index contributed by atoms with van der Waals surface area (Å²) in [6.07, 6.45) is 0. The predicted octanol–water partition coefficient (Wildman–Crippen LogP) is 3.71. The summed E-state index contributed by atoms with van der Waals surface area (Å²) in [5.74, 6) is 0.833. The molecular formula is C9H22. The van der Waals surface area contributed by atoms with E-state index < -0.39 is 0 Å². The Bertz CT molecular complexity index is 36.8. The van der Waals surface area contributed by atoms with E-state index in [2.05, 4.69) is 48.5 Å². The Morgan fingerprint density at radius 3 is 0.778 bits per heavy atom. The molecule has 58 valence electrons. The maximum atomic E-state index is 2.19. The summed E-state index contributed by atoms with van der Waals surface area (Å²) < 4.78 is 0. The van der Waals surface area contributed by atoms with Crippen LogP contribution < -0.4 is 0 Å². The quantitative estimate of drug-likeness (QED) is 0.469. The van der Waals surface area contributed by atoms with Crippen molar-refractivity contribution in [1.82, 2.24) is 0 Å². The van der Waals surface area contributed by atoms with Crippen LogP contribution in [0.3, 0.4) is 0 Å². The number of rotatable bonds is 0. The van der Waals surface area contributed by atoms with Gasteiger partial charge in [-0.15, -0.1) is 0 Å². The normalized spacial score (nSPS) is 10.7. The minimum Gasteiger partial charge on any atom is -0.0630 e.